The highest BCUT2D eigenvalue weighted by Gasteiger charge is 2.37. The molecule has 2 rings (SSSR count). The summed E-state index contributed by atoms with van der Waals surface area (Å²) in [7, 11) is 1.46. The van der Waals surface area contributed by atoms with Crippen LogP contribution >= 0.6 is 0 Å². The zero-order chi connectivity index (χ0) is 12.8. The van der Waals surface area contributed by atoms with Gasteiger partial charge in [0.2, 0.25) is 5.79 Å². The zero-order valence-electron chi connectivity index (χ0n) is 9.90. The van der Waals surface area contributed by atoms with Gasteiger partial charge in [-0.15, -0.1) is 0 Å². The highest BCUT2D eigenvalue weighted by atomic mass is 16.6. The lowest BCUT2D eigenvalue weighted by Crippen LogP contribution is -2.38. The molecule has 17 heavy (non-hydrogen) atoms. The molecule has 92 valence electrons. The number of carbonyl (C=O) groups is 1. The van der Waals surface area contributed by atoms with E-state index in [1.54, 1.807) is 6.92 Å². The SMILES string of the molecule is COc1cc2c(c(O)c1C)C(=O)CC(C)(O)O2. The van der Waals surface area contributed by atoms with Gasteiger partial charge in [-0.3, -0.25) is 4.79 Å². The first-order valence-electron chi connectivity index (χ1n) is 5.21. The third-order valence-electron chi connectivity index (χ3n) is 2.79. The molecule has 1 heterocycles. The van der Waals surface area contributed by atoms with E-state index < -0.39 is 5.79 Å². The third-order valence-corrected chi connectivity index (χ3v) is 2.79. The van der Waals surface area contributed by atoms with Crippen LogP contribution in [0.4, 0.5) is 0 Å². The second-order valence-corrected chi connectivity index (χ2v) is 4.30. The number of fused-ring (bicyclic) bond motifs is 1. The number of ketones is 1. The Morgan fingerprint density at radius 1 is 1.53 bits per heavy atom. The lowest BCUT2D eigenvalue weighted by atomic mass is 9.96. The van der Waals surface area contributed by atoms with Gasteiger partial charge < -0.3 is 19.7 Å². The van der Waals surface area contributed by atoms with Crippen LogP contribution in [0.1, 0.15) is 29.3 Å². The van der Waals surface area contributed by atoms with Crippen molar-refractivity contribution in [1.82, 2.24) is 0 Å². The number of phenolic OH excluding ortho intramolecular Hbond substituents is 1. The number of hydrogen-bond donors (Lipinski definition) is 2. The molecule has 0 saturated heterocycles. The molecular weight excluding hydrogens is 224 g/mol. The van der Waals surface area contributed by atoms with Gasteiger partial charge in [0.15, 0.2) is 5.78 Å². The zero-order valence-corrected chi connectivity index (χ0v) is 9.90. The normalized spacial score (nSPS) is 22.9. The number of aliphatic hydroxyl groups is 1. The quantitative estimate of drug-likeness (QED) is 0.773. The molecular formula is C12H14O5. The second-order valence-electron chi connectivity index (χ2n) is 4.30. The average molecular weight is 238 g/mol. The van der Waals surface area contributed by atoms with Crippen LogP contribution in [0.5, 0.6) is 17.2 Å². The molecule has 1 aliphatic heterocycles. The van der Waals surface area contributed by atoms with Crippen LogP contribution in [-0.2, 0) is 0 Å². The summed E-state index contributed by atoms with van der Waals surface area (Å²) in [6.45, 7) is 3.05. The number of benzene rings is 1. The number of hydrogen-bond acceptors (Lipinski definition) is 5. The molecule has 0 bridgehead atoms. The van der Waals surface area contributed by atoms with Gasteiger partial charge in [-0.05, 0) is 6.92 Å². The summed E-state index contributed by atoms with van der Waals surface area (Å²) in [5, 5.41) is 19.7. The largest absolute Gasteiger partial charge is 0.507 e. The molecule has 5 heteroatoms. The summed E-state index contributed by atoms with van der Waals surface area (Å²) in [5.41, 5.74) is 0.583. The first kappa shape index (κ1) is 11.7. The summed E-state index contributed by atoms with van der Waals surface area (Å²) < 4.78 is 10.3. The first-order valence-corrected chi connectivity index (χ1v) is 5.21. The summed E-state index contributed by atoms with van der Waals surface area (Å²) in [6.07, 6.45) is -0.181. The van der Waals surface area contributed by atoms with E-state index in [1.165, 1.54) is 20.1 Å². The van der Waals surface area contributed by atoms with E-state index in [1.807, 2.05) is 0 Å². The molecule has 0 aromatic heterocycles. The monoisotopic (exact) mass is 238 g/mol. The standard InChI is InChI=1S/C12H14O5/c1-6-8(16-3)4-9-10(11(6)14)7(13)5-12(2,15)17-9/h4,14-15H,5H2,1-3H3. The molecule has 1 aliphatic rings. The average Bonchev–Trinajstić information content (AvgIpc) is 2.20. The van der Waals surface area contributed by atoms with Gasteiger partial charge >= 0.3 is 0 Å². The van der Waals surface area contributed by atoms with Crippen molar-refractivity contribution >= 4 is 5.78 Å². The fourth-order valence-electron chi connectivity index (χ4n) is 1.94. The Bertz CT molecular complexity index is 490. The number of ether oxygens (including phenoxy) is 2. The van der Waals surface area contributed by atoms with Crippen LogP contribution in [0.2, 0.25) is 0 Å². The van der Waals surface area contributed by atoms with E-state index in [0.717, 1.165) is 0 Å². The lowest BCUT2D eigenvalue weighted by Gasteiger charge is -2.30. The van der Waals surface area contributed by atoms with E-state index in [2.05, 4.69) is 0 Å². The molecule has 1 aromatic rings. The molecule has 1 aromatic carbocycles. The molecule has 0 saturated carbocycles. The van der Waals surface area contributed by atoms with Crippen molar-refractivity contribution in [2.75, 3.05) is 7.11 Å². The number of phenols is 1. The van der Waals surface area contributed by atoms with Gasteiger partial charge in [-0.2, -0.15) is 0 Å². The van der Waals surface area contributed by atoms with Crippen molar-refractivity contribution in [2.24, 2.45) is 0 Å². The number of methoxy groups -OCH3 is 1. The van der Waals surface area contributed by atoms with Gasteiger partial charge in [-0.25, -0.2) is 0 Å². The highest BCUT2D eigenvalue weighted by Crippen LogP contribution is 2.43. The van der Waals surface area contributed by atoms with Gasteiger partial charge in [-0.1, -0.05) is 0 Å². The Morgan fingerprint density at radius 3 is 2.76 bits per heavy atom. The van der Waals surface area contributed by atoms with Crippen LogP contribution < -0.4 is 9.47 Å². The van der Waals surface area contributed by atoms with Crippen LogP contribution in [-0.4, -0.2) is 28.9 Å². The fourth-order valence-corrected chi connectivity index (χ4v) is 1.94. The number of rotatable bonds is 1. The van der Waals surface area contributed by atoms with E-state index in [9.17, 15) is 15.0 Å². The van der Waals surface area contributed by atoms with E-state index in [0.29, 0.717) is 11.3 Å². The fraction of sp³-hybridized carbons (Fsp3) is 0.417. The Kier molecular flexibility index (Phi) is 2.50. The van der Waals surface area contributed by atoms with Crippen molar-refractivity contribution in [3.63, 3.8) is 0 Å². The number of Topliss-reactive ketones (excluding diaryl/α,β-unsaturated/α-hetero) is 1. The smallest absolute Gasteiger partial charge is 0.212 e. The maximum absolute atomic E-state index is 11.8. The Morgan fingerprint density at radius 2 is 2.18 bits per heavy atom. The van der Waals surface area contributed by atoms with Crippen molar-refractivity contribution < 1.29 is 24.5 Å². The molecule has 5 nitrogen and oxygen atoms in total. The van der Waals surface area contributed by atoms with E-state index in [4.69, 9.17) is 9.47 Å². The molecule has 2 N–H and O–H groups in total. The Labute approximate surface area is 98.6 Å². The molecule has 1 unspecified atom stereocenters. The molecule has 0 radical (unpaired) electrons. The van der Waals surface area contributed by atoms with Gasteiger partial charge in [0.25, 0.3) is 0 Å². The minimum Gasteiger partial charge on any atom is -0.507 e. The van der Waals surface area contributed by atoms with Crippen LogP contribution in [0.3, 0.4) is 0 Å². The molecule has 0 fully saturated rings. The summed E-state index contributed by atoms with van der Waals surface area (Å²) in [6, 6.07) is 1.50. The van der Waals surface area contributed by atoms with Gasteiger partial charge in [0.05, 0.1) is 13.5 Å². The number of carbonyl (C=O) groups excluding carboxylic acids is 1. The predicted octanol–water partition coefficient (Wildman–Crippen LogP) is 1.38. The van der Waals surface area contributed by atoms with Crippen molar-refractivity contribution in [3.8, 4) is 17.2 Å². The third kappa shape index (κ3) is 1.82. The van der Waals surface area contributed by atoms with Crippen LogP contribution in [0.15, 0.2) is 6.07 Å². The minimum absolute atomic E-state index is 0.106. The van der Waals surface area contributed by atoms with Gasteiger partial charge in [0.1, 0.15) is 22.8 Å². The topological polar surface area (TPSA) is 76.0 Å². The molecule has 0 spiro atoms. The van der Waals surface area contributed by atoms with E-state index in [-0.39, 0.29) is 29.3 Å². The van der Waals surface area contributed by atoms with Gasteiger partial charge in [0, 0.05) is 18.6 Å². The Hall–Kier alpha value is -1.75. The van der Waals surface area contributed by atoms with Crippen molar-refractivity contribution in [3.05, 3.63) is 17.2 Å². The van der Waals surface area contributed by atoms with Crippen molar-refractivity contribution in [2.45, 2.75) is 26.1 Å². The van der Waals surface area contributed by atoms with Crippen LogP contribution in [0.25, 0.3) is 0 Å². The predicted molar refractivity (Wildman–Crippen MR) is 59.6 cm³/mol. The van der Waals surface area contributed by atoms with E-state index >= 15 is 0 Å². The van der Waals surface area contributed by atoms with Crippen LogP contribution in [0, 0.1) is 6.92 Å². The summed E-state index contributed by atoms with van der Waals surface area (Å²) in [5.74, 6) is -1.49. The highest BCUT2D eigenvalue weighted by molar-refractivity contribution is 6.03. The first-order chi connectivity index (χ1) is 7.85. The Balaban J connectivity index is 2.65. The summed E-state index contributed by atoms with van der Waals surface area (Å²) >= 11 is 0. The maximum Gasteiger partial charge on any atom is 0.212 e. The molecule has 0 amide bonds. The van der Waals surface area contributed by atoms with Crippen molar-refractivity contribution in [1.29, 1.82) is 0 Å². The molecule has 1 atom stereocenters. The minimum atomic E-state index is -1.54. The number of aromatic hydroxyl groups is 1. The maximum atomic E-state index is 11.8. The summed E-state index contributed by atoms with van der Waals surface area (Å²) in [4.78, 5) is 11.8. The molecule has 0 aliphatic carbocycles. The second kappa shape index (κ2) is 3.63. The lowest BCUT2D eigenvalue weighted by molar-refractivity contribution is -0.123.